The van der Waals surface area contributed by atoms with Crippen LogP contribution in [0.3, 0.4) is 0 Å². The van der Waals surface area contributed by atoms with E-state index in [9.17, 15) is 4.57 Å². The Bertz CT molecular complexity index is 523. The zero-order valence-electron chi connectivity index (χ0n) is 12.5. The summed E-state index contributed by atoms with van der Waals surface area (Å²) in [6.45, 7) is 8.56. The van der Waals surface area contributed by atoms with E-state index in [0.717, 1.165) is 6.42 Å². The molecule has 2 unspecified atom stereocenters. The summed E-state index contributed by atoms with van der Waals surface area (Å²) in [7, 11) is -3.29. The fourth-order valence-corrected chi connectivity index (χ4v) is 5.56. The third-order valence-corrected chi connectivity index (χ3v) is 6.77. The molecule has 2 atom stereocenters. The van der Waals surface area contributed by atoms with Gasteiger partial charge >= 0.3 is 7.60 Å². The van der Waals surface area contributed by atoms with Gasteiger partial charge in [0.1, 0.15) is 0 Å². The van der Waals surface area contributed by atoms with Crippen LogP contribution < -0.4 is 0 Å². The maximum Gasteiger partial charge on any atom is 0.359 e. The molecule has 0 N–H and O–H groups in total. The van der Waals surface area contributed by atoms with E-state index in [1.54, 1.807) is 0 Å². The number of fused-ring (bicyclic) bond motifs is 2. The maximum absolute atomic E-state index is 13.0. The summed E-state index contributed by atoms with van der Waals surface area (Å²) in [5, 5.41) is 1.28. The fourth-order valence-electron chi connectivity index (χ4n) is 2.94. The van der Waals surface area contributed by atoms with E-state index in [4.69, 9.17) is 20.6 Å². The van der Waals surface area contributed by atoms with Crippen molar-refractivity contribution in [2.75, 3.05) is 13.2 Å². The Kier molecular flexibility index (Phi) is 4.96. The summed E-state index contributed by atoms with van der Waals surface area (Å²) in [5.41, 5.74) is 2.56. The monoisotopic (exact) mass is 316 g/mol. The van der Waals surface area contributed by atoms with Crippen LogP contribution in [-0.2, 0) is 13.6 Å². The molecule has 2 aliphatic rings. The Morgan fingerprint density at radius 2 is 1.75 bits per heavy atom. The molecule has 5 heteroatoms. The average Bonchev–Trinajstić information content (AvgIpc) is 2.93. The Morgan fingerprint density at radius 3 is 2.25 bits per heavy atom. The Labute approximate surface area is 126 Å². The van der Waals surface area contributed by atoms with Gasteiger partial charge in [0.05, 0.1) is 18.5 Å². The van der Waals surface area contributed by atoms with Crippen LogP contribution in [0.2, 0.25) is 0 Å². The summed E-state index contributed by atoms with van der Waals surface area (Å²) < 4.78 is 24.0. The van der Waals surface area contributed by atoms with Crippen molar-refractivity contribution in [3.63, 3.8) is 0 Å². The van der Waals surface area contributed by atoms with Crippen LogP contribution >= 0.6 is 19.2 Å². The van der Waals surface area contributed by atoms with Crippen molar-refractivity contribution < 1.29 is 13.6 Å². The van der Waals surface area contributed by atoms with Crippen molar-refractivity contribution in [2.45, 2.75) is 34.1 Å². The van der Waals surface area contributed by atoms with Crippen LogP contribution in [0.25, 0.3) is 0 Å². The quantitative estimate of drug-likeness (QED) is 0.496. The van der Waals surface area contributed by atoms with Crippen LogP contribution in [0, 0.1) is 11.8 Å². The molecule has 0 radical (unpaired) electrons. The normalized spacial score (nSPS) is 27.6. The minimum atomic E-state index is -3.29. The number of allylic oxidation sites excluding steroid dienone is 6. The first kappa shape index (κ1) is 16.0. The lowest BCUT2D eigenvalue weighted by Gasteiger charge is -2.22. The van der Waals surface area contributed by atoms with Crippen LogP contribution in [0.1, 0.15) is 34.1 Å². The smallest absolute Gasteiger partial charge is 0.306 e. The van der Waals surface area contributed by atoms with Crippen molar-refractivity contribution in [1.29, 1.82) is 0 Å². The predicted octanol–water partition coefficient (Wildman–Crippen LogP) is 5.25. The van der Waals surface area contributed by atoms with Gasteiger partial charge in [0.2, 0.25) is 0 Å². The molecule has 2 bridgehead atoms. The molecule has 0 aromatic rings. The molecule has 0 fully saturated rings. The van der Waals surface area contributed by atoms with Gasteiger partial charge in [0.25, 0.3) is 0 Å². The average molecular weight is 317 g/mol. The number of halogens is 1. The van der Waals surface area contributed by atoms with Crippen molar-refractivity contribution >= 4 is 19.2 Å². The first-order valence-electron chi connectivity index (χ1n) is 7.17. The highest BCUT2D eigenvalue weighted by molar-refractivity contribution is 7.58. The molecule has 112 valence electrons. The third-order valence-electron chi connectivity index (χ3n) is 3.89. The van der Waals surface area contributed by atoms with Gasteiger partial charge in [-0.1, -0.05) is 36.2 Å². The second kappa shape index (κ2) is 6.19. The Hall–Kier alpha value is -0.340. The van der Waals surface area contributed by atoms with E-state index >= 15 is 0 Å². The summed E-state index contributed by atoms with van der Waals surface area (Å²) in [6, 6.07) is 0. The molecule has 0 saturated carbocycles. The second-order valence-electron chi connectivity index (χ2n) is 5.00. The molecule has 0 spiro atoms. The van der Waals surface area contributed by atoms with Gasteiger partial charge in [-0.3, -0.25) is 4.57 Å². The summed E-state index contributed by atoms with van der Waals surface area (Å²) in [4.78, 5) is 0. The number of hydrogen-bond donors (Lipinski definition) is 0. The molecule has 0 aromatic carbocycles. The topological polar surface area (TPSA) is 35.5 Å². The lowest BCUT2D eigenvalue weighted by atomic mass is 9.96. The van der Waals surface area contributed by atoms with Gasteiger partial charge in [0, 0.05) is 16.9 Å². The van der Waals surface area contributed by atoms with Gasteiger partial charge < -0.3 is 9.05 Å². The van der Waals surface area contributed by atoms with Crippen molar-refractivity contribution in [3.05, 3.63) is 33.6 Å². The van der Waals surface area contributed by atoms with Gasteiger partial charge in [-0.15, -0.1) is 0 Å². The van der Waals surface area contributed by atoms with Crippen LogP contribution in [0.4, 0.5) is 0 Å². The van der Waals surface area contributed by atoms with Gasteiger partial charge in [0.15, 0.2) is 0 Å². The molecule has 0 aromatic heterocycles. The SMILES string of the molecule is CCOP(=O)(OCC)C1=C(Cl)C2C=CC1/C2=C(\C)CC. The molecule has 0 amide bonds. The van der Waals surface area contributed by atoms with Crippen molar-refractivity contribution in [1.82, 2.24) is 0 Å². The van der Waals surface area contributed by atoms with E-state index in [1.807, 2.05) is 13.8 Å². The maximum atomic E-state index is 13.0. The summed E-state index contributed by atoms with van der Waals surface area (Å²) in [5.74, 6) is 0.0437. The van der Waals surface area contributed by atoms with E-state index < -0.39 is 7.60 Å². The van der Waals surface area contributed by atoms with Crippen LogP contribution in [-0.4, -0.2) is 13.2 Å². The molecule has 0 saturated heterocycles. The molecule has 0 heterocycles. The molecule has 20 heavy (non-hydrogen) atoms. The summed E-state index contributed by atoms with van der Waals surface area (Å²) in [6.07, 6.45) is 5.13. The first-order chi connectivity index (χ1) is 9.50. The Morgan fingerprint density at radius 1 is 1.20 bits per heavy atom. The fraction of sp³-hybridized carbons (Fsp3) is 0.600. The van der Waals surface area contributed by atoms with Gasteiger partial charge in [-0.2, -0.15) is 0 Å². The molecule has 2 aliphatic carbocycles. The van der Waals surface area contributed by atoms with E-state index in [0.29, 0.717) is 23.6 Å². The zero-order valence-corrected chi connectivity index (χ0v) is 14.1. The molecule has 2 rings (SSSR count). The lowest BCUT2D eigenvalue weighted by Crippen LogP contribution is -2.05. The van der Waals surface area contributed by atoms with E-state index in [2.05, 4.69) is 26.0 Å². The zero-order chi connectivity index (χ0) is 14.9. The van der Waals surface area contributed by atoms with Crippen molar-refractivity contribution in [2.24, 2.45) is 11.8 Å². The standard InChI is InChI=1S/C15H22ClO3P/c1-5-10(4)13-11-8-9-12(13)15(14(11)16)20(17,18-6-2)19-7-3/h8-9,11-12H,5-7H2,1-4H3/b13-10+. The van der Waals surface area contributed by atoms with E-state index in [-0.39, 0.29) is 11.8 Å². The number of rotatable bonds is 6. The van der Waals surface area contributed by atoms with Crippen molar-refractivity contribution in [3.8, 4) is 0 Å². The second-order valence-corrected chi connectivity index (χ2v) is 7.40. The van der Waals surface area contributed by atoms with Gasteiger partial charge in [-0.25, -0.2) is 0 Å². The minimum absolute atomic E-state index is 0.0172. The summed E-state index contributed by atoms with van der Waals surface area (Å²) >= 11 is 6.49. The van der Waals surface area contributed by atoms with Crippen LogP contribution in [0.15, 0.2) is 33.6 Å². The molecular weight excluding hydrogens is 295 g/mol. The number of hydrogen-bond acceptors (Lipinski definition) is 3. The lowest BCUT2D eigenvalue weighted by molar-refractivity contribution is 0.225. The minimum Gasteiger partial charge on any atom is -0.306 e. The largest absolute Gasteiger partial charge is 0.359 e. The molecule has 3 nitrogen and oxygen atoms in total. The highest BCUT2D eigenvalue weighted by Gasteiger charge is 2.48. The van der Waals surface area contributed by atoms with Gasteiger partial charge in [-0.05, 0) is 32.8 Å². The third kappa shape index (κ3) is 2.46. The highest BCUT2D eigenvalue weighted by atomic mass is 35.5. The molecular formula is C15H22ClO3P. The predicted molar refractivity (Wildman–Crippen MR) is 82.8 cm³/mol. The Balaban J connectivity index is 2.46. The van der Waals surface area contributed by atoms with Crippen LogP contribution in [0.5, 0.6) is 0 Å². The highest BCUT2D eigenvalue weighted by Crippen LogP contribution is 2.68. The molecule has 0 aliphatic heterocycles. The first-order valence-corrected chi connectivity index (χ1v) is 9.09. The van der Waals surface area contributed by atoms with E-state index in [1.165, 1.54) is 11.1 Å².